The molecule has 1 aromatic carbocycles. The number of halogens is 2. The summed E-state index contributed by atoms with van der Waals surface area (Å²) in [6.07, 6.45) is 3.16. The van der Waals surface area contributed by atoms with Crippen molar-refractivity contribution in [3.8, 4) is 6.07 Å². The van der Waals surface area contributed by atoms with E-state index in [0.29, 0.717) is 0 Å². The summed E-state index contributed by atoms with van der Waals surface area (Å²) in [5.74, 6) is -1.01. The van der Waals surface area contributed by atoms with E-state index in [1.54, 1.807) is 0 Å². The molecule has 0 amide bonds. The minimum absolute atomic E-state index is 0.148. The monoisotopic (exact) mass is 236 g/mol. The van der Waals surface area contributed by atoms with E-state index >= 15 is 0 Å². The van der Waals surface area contributed by atoms with Crippen LogP contribution in [0.5, 0.6) is 0 Å². The van der Waals surface area contributed by atoms with Crippen LogP contribution < -0.4 is 0 Å². The first kappa shape index (κ1) is 12.0. The Balaban J connectivity index is 2.28. The number of benzene rings is 1. The fraction of sp³-hybridized carbons (Fsp3) is 0.462. The zero-order chi connectivity index (χ0) is 12.3. The van der Waals surface area contributed by atoms with Crippen molar-refractivity contribution in [3.63, 3.8) is 0 Å². The zero-order valence-corrected chi connectivity index (χ0v) is 9.50. The second kappa shape index (κ2) is 5.24. The van der Waals surface area contributed by atoms with Crippen LogP contribution in [0, 0.1) is 23.0 Å². The predicted molar refractivity (Wildman–Crippen MR) is 60.1 cm³/mol. The van der Waals surface area contributed by atoms with Gasteiger partial charge in [-0.3, -0.25) is 4.90 Å². The van der Waals surface area contributed by atoms with Gasteiger partial charge in [0.2, 0.25) is 0 Å². The predicted octanol–water partition coefficient (Wildman–Crippen LogP) is 3.02. The number of likely N-dealkylation sites (tertiary alicyclic amines) is 1. The molecule has 1 aliphatic heterocycles. The average Bonchev–Trinajstić information content (AvgIpc) is 2.36. The van der Waals surface area contributed by atoms with E-state index in [4.69, 9.17) is 5.26 Å². The molecule has 17 heavy (non-hydrogen) atoms. The van der Waals surface area contributed by atoms with E-state index in [1.807, 2.05) is 4.90 Å². The Hall–Kier alpha value is -1.47. The van der Waals surface area contributed by atoms with Crippen LogP contribution in [0.3, 0.4) is 0 Å². The molecule has 1 aromatic rings. The molecule has 0 N–H and O–H groups in total. The first-order valence-corrected chi connectivity index (χ1v) is 5.81. The van der Waals surface area contributed by atoms with Gasteiger partial charge < -0.3 is 0 Å². The Kier molecular flexibility index (Phi) is 3.70. The zero-order valence-electron chi connectivity index (χ0n) is 9.50. The molecule has 4 heteroatoms. The highest BCUT2D eigenvalue weighted by Gasteiger charge is 2.24. The third-order valence-corrected chi connectivity index (χ3v) is 3.13. The molecule has 1 fully saturated rings. The van der Waals surface area contributed by atoms with E-state index in [-0.39, 0.29) is 5.56 Å². The van der Waals surface area contributed by atoms with Crippen LogP contribution in [-0.2, 0) is 0 Å². The van der Waals surface area contributed by atoms with Gasteiger partial charge in [0.15, 0.2) is 0 Å². The Morgan fingerprint density at radius 2 is 1.88 bits per heavy atom. The van der Waals surface area contributed by atoms with E-state index in [2.05, 4.69) is 6.07 Å². The number of rotatable bonds is 2. The van der Waals surface area contributed by atoms with Gasteiger partial charge in [0.1, 0.15) is 17.7 Å². The van der Waals surface area contributed by atoms with Crippen molar-refractivity contribution in [2.24, 2.45) is 0 Å². The van der Waals surface area contributed by atoms with Crippen molar-refractivity contribution in [1.29, 1.82) is 5.26 Å². The molecule has 0 aromatic heterocycles. The molecule has 1 atom stereocenters. The summed E-state index contributed by atoms with van der Waals surface area (Å²) in [5, 5.41) is 9.17. The summed E-state index contributed by atoms with van der Waals surface area (Å²) in [6.45, 7) is 1.54. The minimum atomic E-state index is -0.675. The van der Waals surface area contributed by atoms with E-state index < -0.39 is 17.7 Å². The Labute approximate surface area is 99.5 Å². The molecule has 0 aliphatic carbocycles. The number of nitriles is 1. The maximum atomic E-state index is 13.6. The van der Waals surface area contributed by atoms with E-state index in [1.165, 1.54) is 0 Å². The Bertz CT molecular complexity index is 434. The number of hydrogen-bond acceptors (Lipinski definition) is 2. The van der Waals surface area contributed by atoms with Crippen LogP contribution in [0.4, 0.5) is 8.78 Å². The molecular weight excluding hydrogens is 222 g/mol. The van der Waals surface area contributed by atoms with Gasteiger partial charge >= 0.3 is 0 Å². The summed E-state index contributed by atoms with van der Waals surface area (Å²) in [4.78, 5) is 1.92. The standard InChI is InChI=1S/C13H14F2N2/c14-10-4-5-12(15)11(8-10)13(9-16)17-6-2-1-3-7-17/h4-5,8,13H,1-3,6-7H2. The first-order valence-electron chi connectivity index (χ1n) is 5.81. The molecule has 0 radical (unpaired) electrons. The lowest BCUT2D eigenvalue weighted by Crippen LogP contribution is -2.33. The summed E-state index contributed by atoms with van der Waals surface area (Å²) in [7, 11) is 0. The third-order valence-electron chi connectivity index (χ3n) is 3.13. The van der Waals surface area contributed by atoms with Gasteiger partial charge in [-0.15, -0.1) is 0 Å². The highest BCUT2D eigenvalue weighted by atomic mass is 19.1. The third kappa shape index (κ3) is 2.62. The van der Waals surface area contributed by atoms with Crippen molar-refractivity contribution < 1.29 is 8.78 Å². The largest absolute Gasteiger partial charge is 0.284 e. The second-order valence-corrected chi connectivity index (χ2v) is 4.29. The van der Waals surface area contributed by atoms with Crippen molar-refractivity contribution >= 4 is 0 Å². The topological polar surface area (TPSA) is 27.0 Å². The molecule has 90 valence electrons. The lowest BCUT2D eigenvalue weighted by Gasteiger charge is -2.30. The van der Waals surface area contributed by atoms with E-state index in [0.717, 1.165) is 50.6 Å². The van der Waals surface area contributed by atoms with Crippen LogP contribution >= 0.6 is 0 Å². The quantitative estimate of drug-likeness (QED) is 0.789. The van der Waals surface area contributed by atoms with Crippen molar-refractivity contribution in [2.75, 3.05) is 13.1 Å². The van der Waals surface area contributed by atoms with Crippen LogP contribution in [-0.4, -0.2) is 18.0 Å². The summed E-state index contributed by atoms with van der Waals surface area (Å²) < 4.78 is 26.7. The summed E-state index contributed by atoms with van der Waals surface area (Å²) in [6, 6.07) is 4.68. The molecule has 1 saturated heterocycles. The van der Waals surface area contributed by atoms with Gasteiger partial charge in [-0.05, 0) is 44.1 Å². The van der Waals surface area contributed by atoms with Gasteiger partial charge in [-0.25, -0.2) is 8.78 Å². The molecule has 0 bridgehead atoms. The van der Waals surface area contributed by atoms with Gasteiger partial charge in [0.25, 0.3) is 0 Å². The molecule has 0 spiro atoms. The summed E-state index contributed by atoms with van der Waals surface area (Å²) >= 11 is 0. The SMILES string of the molecule is N#CC(c1cc(F)ccc1F)N1CCCCC1. The molecule has 2 rings (SSSR count). The Morgan fingerprint density at radius 3 is 2.53 bits per heavy atom. The molecular formula is C13H14F2N2. The molecule has 0 saturated carbocycles. The van der Waals surface area contributed by atoms with Gasteiger partial charge in [0, 0.05) is 5.56 Å². The van der Waals surface area contributed by atoms with Crippen molar-refractivity contribution in [1.82, 2.24) is 4.90 Å². The van der Waals surface area contributed by atoms with E-state index in [9.17, 15) is 8.78 Å². The second-order valence-electron chi connectivity index (χ2n) is 4.29. The van der Waals surface area contributed by atoms with Crippen LogP contribution in [0.2, 0.25) is 0 Å². The van der Waals surface area contributed by atoms with Crippen LogP contribution in [0.25, 0.3) is 0 Å². The lowest BCUT2D eigenvalue weighted by molar-refractivity contribution is 0.193. The maximum absolute atomic E-state index is 13.6. The average molecular weight is 236 g/mol. The van der Waals surface area contributed by atoms with Crippen molar-refractivity contribution in [2.45, 2.75) is 25.3 Å². The lowest BCUT2D eigenvalue weighted by atomic mass is 10.0. The summed E-state index contributed by atoms with van der Waals surface area (Å²) in [5.41, 5.74) is 0.148. The van der Waals surface area contributed by atoms with Gasteiger partial charge in [0.05, 0.1) is 6.07 Å². The maximum Gasteiger partial charge on any atom is 0.129 e. The molecule has 1 aliphatic rings. The molecule has 1 heterocycles. The molecule has 1 unspecified atom stereocenters. The minimum Gasteiger partial charge on any atom is -0.284 e. The first-order chi connectivity index (χ1) is 8.22. The smallest absolute Gasteiger partial charge is 0.129 e. The number of hydrogen-bond donors (Lipinski definition) is 0. The van der Waals surface area contributed by atoms with Gasteiger partial charge in [-0.1, -0.05) is 6.42 Å². The fourth-order valence-corrected chi connectivity index (χ4v) is 2.25. The van der Waals surface area contributed by atoms with Gasteiger partial charge in [-0.2, -0.15) is 5.26 Å². The highest BCUT2D eigenvalue weighted by Crippen LogP contribution is 2.26. The fourth-order valence-electron chi connectivity index (χ4n) is 2.25. The normalized spacial score (nSPS) is 18.6. The number of nitrogens with zero attached hydrogens (tertiary/aromatic N) is 2. The van der Waals surface area contributed by atoms with Crippen LogP contribution in [0.1, 0.15) is 30.9 Å². The highest BCUT2D eigenvalue weighted by molar-refractivity contribution is 5.27. The number of piperidine rings is 1. The molecule has 2 nitrogen and oxygen atoms in total. The van der Waals surface area contributed by atoms with Crippen LogP contribution in [0.15, 0.2) is 18.2 Å². The van der Waals surface area contributed by atoms with Crippen molar-refractivity contribution in [3.05, 3.63) is 35.4 Å². The Morgan fingerprint density at radius 1 is 1.18 bits per heavy atom.